The van der Waals surface area contributed by atoms with Gasteiger partial charge in [0.25, 0.3) is 0 Å². The first kappa shape index (κ1) is 9.08. The number of benzene rings is 1. The lowest BCUT2D eigenvalue weighted by molar-refractivity contribution is 0.235. The zero-order valence-electron chi connectivity index (χ0n) is 8.67. The second-order valence-electron chi connectivity index (χ2n) is 4.70. The van der Waals surface area contributed by atoms with Gasteiger partial charge in [0.15, 0.2) is 0 Å². The van der Waals surface area contributed by atoms with Crippen LogP contribution in [0.25, 0.3) is 0 Å². The van der Waals surface area contributed by atoms with Gasteiger partial charge in [-0.25, -0.2) is 4.39 Å². The summed E-state index contributed by atoms with van der Waals surface area (Å²) in [5, 5.41) is 0. The van der Waals surface area contributed by atoms with E-state index in [0.29, 0.717) is 5.41 Å². The maximum Gasteiger partial charge on any atom is 0.123 e. The van der Waals surface area contributed by atoms with Crippen LogP contribution in [-0.4, -0.2) is 12.3 Å². The Hall–Kier alpha value is -1.18. The summed E-state index contributed by atoms with van der Waals surface area (Å²) in [7, 11) is 0. The highest BCUT2D eigenvalue weighted by Crippen LogP contribution is 2.47. The summed E-state index contributed by atoms with van der Waals surface area (Å²) in [4.78, 5) is 4.34. The molecule has 0 radical (unpaired) electrons. The Balaban J connectivity index is 1.81. The number of hydrogen-bond acceptors (Lipinski definition) is 1. The Kier molecular flexibility index (Phi) is 1.91. The zero-order chi connectivity index (χ0) is 10.3. The first-order valence-electron chi connectivity index (χ1n) is 5.57. The molecule has 0 aromatic heterocycles. The van der Waals surface area contributed by atoms with Crippen molar-refractivity contribution < 1.29 is 4.39 Å². The van der Waals surface area contributed by atoms with Gasteiger partial charge in [0.2, 0.25) is 0 Å². The molecule has 1 fully saturated rings. The standard InChI is InChI=1S/C13H14FN/c14-11-4-1-3-10(7-11)8-13(5-2-6-13)12-9-15-12/h1,3-4,7H,2,5-6,8-9H2. The average molecular weight is 203 g/mol. The number of hydrogen-bond donors (Lipinski definition) is 0. The van der Waals surface area contributed by atoms with E-state index in [0.717, 1.165) is 18.5 Å². The van der Waals surface area contributed by atoms with Crippen LogP contribution in [-0.2, 0) is 6.42 Å². The minimum absolute atomic E-state index is 0.125. The average Bonchev–Trinajstić information content (AvgIpc) is 2.95. The molecule has 1 aromatic rings. The lowest BCUT2D eigenvalue weighted by atomic mass is 9.64. The second kappa shape index (κ2) is 3.16. The molecule has 0 saturated heterocycles. The third-order valence-electron chi connectivity index (χ3n) is 3.67. The summed E-state index contributed by atoms with van der Waals surface area (Å²) in [6.07, 6.45) is 4.75. The summed E-state index contributed by atoms with van der Waals surface area (Å²) in [5.74, 6) is -0.125. The summed E-state index contributed by atoms with van der Waals surface area (Å²) < 4.78 is 13.1. The number of halogens is 1. The molecule has 1 saturated carbocycles. The van der Waals surface area contributed by atoms with Gasteiger partial charge in [-0.05, 0) is 37.0 Å². The van der Waals surface area contributed by atoms with E-state index in [-0.39, 0.29) is 5.82 Å². The summed E-state index contributed by atoms with van der Waals surface area (Å²) in [6.45, 7) is 0.954. The van der Waals surface area contributed by atoms with Gasteiger partial charge >= 0.3 is 0 Å². The van der Waals surface area contributed by atoms with E-state index in [4.69, 9.17) is 0 Å². The van der Waals surface area contributed by atoms with E-state index in [2.05, 4.69) is 4.99 Å². The van der Waals surface area contributed by atoms with Crippen LogP contribution in [0.1, 0.15) is 24.8 Å². The number of aliphatic imine (C=N–C) groups is 1. The third kappa shape index (κ3) is 1.58. The molecule has 1 aliphatic heterocycles. The van der Waals surface area contributed by atoms with Crippen LogP contribution >= 0.6 is 0 Å². The van der Waals surface area contributed by atoms with Crippen molar-refractivity contribution in [1.29, 1.82) is 0 Å². The van der Waals surface area contributed by atoms with Crippen LogP contribution in [0.2, 0.25) is 0 Å². The Morgan fingerprint density at radius 3 is 2.67 bits per heavy atom. The number of nitrogens with zero attached hydrogens (tertiary/aromatic N) is 1. The smallest absolute Gasteiger partial charge is 0.123 e. The first-order valence-corrected chi connectivity index (χ1v) is 5.57. The summed E-state index contributed by atoms with van der Waals surface area (Å²) in [6, 6.07) is 6.98. The van der Waals surface area contributed by atoms with E-state index < -0.39 is 0 Å². The van der Waals surface area contributed by atoms with Crippen molar-refractivity contribution in [1.82, 2.24) is 0 Å². The normalized spacial score (nSPS) is 21.8. The highest BCUT2D eigenvalue weighted by molar-refractivity contribution is 6.02. The molecule has 2 heteroatoms. The highest BCUT2D eigenvalue weighted by Gasteiger charge is 2.44. The van der Waals surface area contributed by atoms with Crippen LogP contribution < -0.4 is 0 Å². The maximum atomic E-state index is 13.1. The lowest BCUT2D eigenvalue weighted by Crippen LogP contribution is -2.36. The van der Waals surface area contributed by atoms with E-state index in [1.165, 1.54) is 31.0 Å². The van der Waals surface area contributed by atoms with Gasteiger partial charge in [0.05, 0.1) is 6.54 Å². The fourth-order valence-corrected chi connectivity index (χ4v) is 2.58. The third-order valence-corrected chi connectivity index (χ3v) is 3.67. The minimum Gasteiger partial charge on any atom is -0.286 e. The Morgan fingerprint density at radius 2 is 2.13 bits per heavy atom. The van der Waals surface area contributed by atoms with Crippen LogP contribution in [0, 0.1) is 11.2 Å². The molecule has 0 atom stereocenters. The monoisotopic (exact) mass is 203 g/mol. The molecule has 0 bridgehead atoms. The van der Waals surface area contributed by atoms with Crippen molar-refractivity contribution in [3.8, 4) is 0 Å². The Labute approximate surface area is 89.0 Å². The molecule has 15 heavy (non-hydrogen) atoms. The van der Waals surface area contributed by atoms with Gasteiger partial charge < -0.3 is 0 Å². The molecular weight excluding hydrogens is 189 g/mol. The largest absolute Gasteiger partial charge is 0.286 e. The molecule has 0 unspecified atom stereocenters. The molecule has 0 amide bonds. The molecule has 1 aliphatic carbocycles. The highest BCUT2D eigenvalue weighted by atomic mass is 19.1. The SMILES string of the molecule is Fc1cccc(CC2(C3=NC3)CCC2)c1. The van der Waals surface area contributed by atoms with Crippen LogP contribution in [0.4, 0.5) is 4.39 Å². The van der Waals surface area contributed by atoms with Gasteiger partial charge in [-0.3, -0.25) is 4.99 Å². The van der Waals surface area contributed by atoms with E-state index in [1.54, 1.807) is 12.1 Å². The topological polar surface area (TPSA) is 12.4 Å². The van der Waals surface area contributed by atoms with Crippen molar-refractivity contribution in [2.75, 3.05) is 6.54 Å². The van der Waals surface area contributed by atoms with Crippen molar-refractivity contribution in [3.05, 3.63) is 35.6 Å². The Bertz CT molecular complexity index is 418. The van der Waals surface area contributed by atoms with E-state index in [9.17, 15) is 4.39 Å². The predicted molar refractivity (Wildman–Crippen MR) is 58.7 cm³/mol. The second-order valence-corrected chi connectivity index (χ2v) is 4.70. The molecule has 1 nitrogen and oxygen atoms in total. The number of rotatable bonds is 3. The first-order chi connectivity index (χ1) is 7.28. The summed E-state index contributed by atoms with van der Waals surface area (Å²) >= 11 is 0. The van der Waals surface area contributed by atoms with Gasteiger partial charge in [-0.2, -0.15) is 0 Å². The fourth-order valence-electron chi connectivity index (χ4n) is 2.58. The van der Waals surface area contributed by atoms with E-state index >= 15 is 0 Å². The maximum absolute atomic E-state index is 13.1. The minimum atomic E-state index is -0.125. The molecule has 3 rings (SSSR count). The van der Waals surface area contributed by atoms with Crippen molar-refractivity contribution in [2.45, 2.75) is 25.7 Å². The van der Waals surface area contributed by atoms with E-state index in [1.807, 2.05) is 6.07 Å². The van der Waals surface area contributed by atoms with Crippen molar-refractivity contribution in [2.24, 2.45) is 10.4 Å². The van der Waals surface area contributed by atoms with Gasteiger partial charge in [0, 0.05) is 11.1 Å². The molecule has 78 valence electrons. The molecule has 0 N–H and O–H groups in total. The van der Waals surface area contributed by atoms with Crippen molar-refractivity contribution in [3.63, 3.8) is 0 Å². The Morgan fingerprint density at radius 1 is 1.33 bits per heavy atom. The van der Waals surface area contributed by atoms with Gasteiger partial charge in [-0.15, -0.1) is 0 Å². The molecule has 1 aromatic carbocycles. The van der Waals surface area contributed by atoms with Gasteiger partial charge in [-0.1, -0.05) is 18.6 Å². The molecule has 0 spiro atoms. The fraction of sp³-hybridized carbons (Fsp3) is 0.462. The molecular formula is C13H14FN. The summed E-state index contributed by atoms with van der Waals surface area (Å²) in [5.41, 5.74) is 2.80. The predicted octanol–water partition coefficient (Wildman–Crippen LogP) is 2.99. The van der Waals surface area contributed by atoms with Crippen LogP contribution in [0.5, 0.6) is 0 Å². The quantitative estimate of drug-likeness (QED) is 0.716. The molecule has 1 heterocycles. The van der Waals surface area contributed by atoms with Crippen molar-refractivity contribution >= 4 is 5.71 Å². The van der Waals surface area contributed by atoms with Crippen LogP contribution in [0.3, 0.4) is 0 Å². The zero-order valence-corrected chi connectivity index (χ0v) is 8.67. The molecule has 2 aliphatic rings. The lowest BCUT2D eigenvalue weighted by Gasteiger charge is -2.39. The van der Waals surface area contributed by atoms with Crippen LogP contribution in [0.15, 0.2) is 29.3 Å². The van der Waals surface area contributed by atoms with Gasteiger partial charge in [0.1, 0.15) is 5.82 Å².